The third kappa shape index (κ3) is 6.16. The number of imidazole rings is 2. The van der Waals surface area contributed by atoms with Crippen molar-refractivity contribution in [2.75, 3.05) is 13.1 Å². The molecule has 42 heavy (non-hydrogen) atoms. The minimum absolute atomic E-state index is 0.00384. The maximum atomic E-state index is 13.1. The second kappa shape index (κ2) is 12.3. The molecule has 1 radical (unpaired) electrons. The molecule has 217 valence electrons. The van der Waals surface area contributed by atoms with Gasteiger partial charge in [-0.3, -0.25) is 9.59 Å². The first-order valence-corrected chi connectivity index (χ1v) is 14.9. The average molecular weight is 565 g/mol. The van der Waals surface area contributed by atoms with Gasteiger partial charge in [0.1, 0.15) is 11.6 Å². The van der Waals surface area contributed by atoms with E-state index < -0.39 is 6.04 Å². The van der Waals surface area contributed by atoms with Gasteiger partial charge in [0.25, 0.3) is 0 Å². The summed E-state index contributed by atoms with van der Waals surface area (Å²) in [4.78, 5) is 44.5. The van der Waals surface area contributed by atoms with Crippen molar-refractivity contribution < 1.29 is 9.59 Å². The third-order valence-electron chi connectivity index (χ3n) is 8.40. The molecule has 4 aromatic rings. The molecule has 3 atom stereocenters. The first-order valence-electron chi connectivity index (χ1n) is 14.9. The number of nitrogens with two attached hydrogens (primary N) is 1. The predicted octanol–water partition coefficient (Wildman–Crippen LogP) is 4.66. The summed E-state index contributed by atoms with van der Waals surface area (Å²) in [6.07, 6.45) is 11.6. The Labute approximate surface area is 246 Å². The molecule has 0 aliphatic carbocycles. The highest BCUT2D eigenvalue weighted by Gasteiger charge is 2.31. The predicted molar refractivity (Wildman–Crippen MR) is 162 cm³/mol. The van der Waals surface area contributed by atoms with Gasteiger partial charge in [0.05, 0.1) is 36.9 Å². The number of rotatable bonds is 9. The van der Waals surface area contributed by atoms with E-state index in [-0.39, 0.29) is 23.8 Å². The minimum atomic E-state index is -0.403. The average Bonchev–Trinajstić information content (AvgIpc) is 3.79. The van der Waals surface area contributed by atoms with Crippen LogP contribution in [0, 0.1) is 12.3 Å². The molecule has 0 spiro atoms. The summed E-state index contributed by atoms with van der Waals surface area (Å²) in [7, 11) is 0. The summed E-state index contributed by atoms with van der Waals surface area (Å²) in [5, 5.41) is 0. The van der Waals surface area contributed by atoms with E-state index in [0.717, 1.165) is 79.2 Å². The number of nitrogens with one attached hydrogen (secondary N) is 2. The van der Waals surface area contributed by atoms with Gasteiger partial charge in [-0.1, -0.05) is 55.5 Å². The van der Waals surface area contributed by atoms with E-state index in [1.54, 1.807) is 11.1 Å². The largest absolute Gasteiger partial charge is 0.349 e. The lowest BCUT2D eigenvalue weighted by Crippen LogP contribution is -2.47. The molecule has 2 saturated heterocycles. The molecule has 0 saturated carbocycles. The summed E-state index contributed by atoms with van der Waals surface area (Å²) < 4.78 is 0. The van der Waals surface area contributed by atoms with Gasteiger partial charge < -0.3 is 25.5 Å². The molecule has 2 aliphatic rings. The molecule has 2 aromatic heterocycles. The molecule has 9 nitrogen and oxygen atoms in total. The second-order valence-electron chi connectivity index (χ2n) is 11.5. The van der Waals surface area contributed by atoms with Crippen LogP contribution in [0.2, 0.25) is 0 Å². The lowest BCUT2D eigenvalue weighted by atomic mass is 9.98. The Balaban J connectivity index is 1.07. The number of carbonyl (C=O) groups excluding carboxylic acids is 2. The van der Waals surface area contributed by atoms with E-state index in [2.05, 4.69) is 75.4 Å². The van der Waals surface area contributed by atoms with Gasteiger partial charge in [-0.25, -0.2) is 9.97 Å². The Bertz CT molecular complexity index is 1490. The van der Waals surface area contributed by atoms with Gasteiger partial charge in [0.2, 0.25) is 11.8 Å². The van der Waals surface area contributed by atoms with Gasteiger partial charge in [-0.15, -0.1) is 0 Å². The summed E-state index contributed by atoms with van der Waals surface area (Å²) in [6.45, 7) is 4.01. The fraction of sp³-hybridized carbons (Fsp3) is 0.364. The second-order valence-corrected chi connectivity index (χ2v) is 11.5. The van der Waals surface area contributed by atoms with E-state index in [0.29, 0.717) is 6.54 Å². The van der Waals surface area contributed by atoms with Crippen LogP contribution in [-0.2, 0) is 22.6 Å². The number of aromatic amines is 2. The number of hydrogen-bond acceptors (Lipinski definition) is 5. The lowest BCUT2D eigenvalue weighted by Gasteiger charge is -2.29. The van der Waals surface area contributed by atoms with Crippen LogP contribution in [-0.4, -0.2) is 60.7 Å². The van der Waals surface area contributed by atoms with Gasteiger partial charge in [-0.2, -0.15) is 0 Å². The quantitative estimate of drug-likeness (QED) is 0.273. The highest BCUT2D eigenvalue weighted by atomic mass is 16.2. The van der Waals surface area contributed by atoms with Gasteiger partial charge >= 0.3 is 0 Å². The van der Waals surface area contributed by atoms with Crippen LogP contribution in [0.5, 0.6) is 0 Å². The fourth-order valence-corrected chi connectivity index (χ4v) is 6.13. The van der Waals surface area contributed by atoms with E-state index in [9.17, 15) is 9.59 Å². The molecular formula is C33H38N7O2. The number of hydrogen-bond donors (Lipinski definition) is 3. The molecule has 2 aliphatic heterocycles. The summed E-state index contributed by atoms with van der Waals surface area (Å²) >= 11 is 0. The highest BCUT2D eigenvalue weighted by molar-refractivity contribution is 5.86. The zero-order valence-corrected chi connectivity index (χ0v) is 24.0. The number of H-pyrrole nitrogens is 2. The van der Waals surface area contributed by atoms with E-state index >= 15 is 0 Å². The Hall–Kier alpha value is -4.24. The molecule has 4 N–H and O–H groups in total. The number of carbonyl (C=O) groups is 2. The van der Waals surface area contributed by atoms with Crippen LogP contribution in [0.4, 0.5) is 0 Å². The molecule has 2 fully saturated rings. The number of piperidine rings is 1. The van der Waals surface area contributed by atoms with E-state index in [1.807, 2.05) is 23.7 Å². The minimum Gasteiger partial charge on any atom is -0.349 e. The SMILES string of the molecule is C[C@@H]([CH]C(=O)N1CCC[C@H]1c1ccc(-c2ccc(-c3cnc(CN4CCC[C@H](N)C4=O)[nH]3)cc2)cc1)Cc1ncc[nH]1. The van der Waals surface area contributed by atoms with Crippen molar-refractivity contribution in [2.45, 2.75) is 57.7 Å². The molecule has 6 rings (SSSR count). The summed E-state index contributed by atoms with van der Waals surface area (Å²) in [5.41, 5.74) is 11.3. The first-order chi connectivity index (χ1) is 20.4. The zero-order chi connectivity index (χ0) is 29.1. The van der Waals surface area contributed by atoms with Crippen molar-refractivity contribution >= 4 is 11.8 Å². The summed E-state index contributed by atoms with van der Waals surface area (Å²) in [5.74, 6) is 1.87. The molecule has 2 amide bonds. The number of amides is 2. The van der Waals surface area contributed by atoms with Crippen molar-refractivity contribution in [3.05, 3.63) is 90.8 Å². The normalized spacial score (nSPS) is 19.8. The van der Waals surface area contributed by atoms with Crippen molar-refractivity contribution in [3.8, 4) is 22.4 Å². The Morgan fingerprint density at radius 1 is 1.00 bits per heavy atom. The lowest BCUT2D eigenvalue weighted by molar-refractivity contribution is -0.135. The molecular weight excluding hydrogens is 526 g/mol. The Morgan fingerprint density at radius 3 is 2.45 bits per heavy atom. The van der Waals surface area contributed by atoms with Gasteiger partial charge in [0.15, 0.2) is 0 Å². The number of benzene rings is 2. The zero-order valence-electron chi connectivity index (χ0n) is 24.0. The van der Waals surface area contributed by atoms with Crippen LogP contribution in [0.3, 0.4) is 0 Å². The number of aromatic nitrogens is 4. The Kier molecular flexibility index (Phi) is 8.19. The fourth-order valence-electron chi connectivity index (χ4n) is 6.13. The summed E-state index contributed by atoms with van der Waals surface area (Å²) in [6, 6.07) is 16.7. The van der Waals surface area contributed by atoms with E-state index in [4.69, 9.17) is 5.73 Å². The standard InChI is InChI=1S/C33H38N7O2/c1-22(18-30-35-14-15-36-30)19-32(41)40-17-3-5-29(40)26-12-8-24(9-13-26)23-6-10-25(11-7-23)28-20-37-31(38-28)21-39-16-2-4-27(34)33(39)42/h6-15,19-20,22,27,29H,2-5,16-18,21,34H2,1H3,(H,35,36)(H,37,38)/t22-,27+,29+/m1/s1. The van der Waals surface area contributed by atoms with Crippen LogP contribution < -0.4 is 5.73 Å². The highest BCUT2D eigenvalue weighted by Crippen LogP contribution is 2.34. The molecule has 4 heterocycles. The third-order valence-corrected chi connectivity index (χ3v) is 8.40. The molecule has 2 aromatic carbocycles. The van der Waals surface area contributed by atoms with Crippen LogP contribution in [0.25, 0.3) is 22.4 Å². The van der Waals surface area contributed by atoms with Gasteiger partial charge in [0, 0.05) is 31.9 Å². The van der Waals surface area contributed by atoms with Crippen molar-refractivity contribution in [1.82, 2.24) is 29.7 Å². The first kappa shape index (κ1) is 27.9. The topological polar surface area (TPSA) is 124 Å². The van der Waals surface area contributed by atoms with Crippen molar-refractivity contribution in [1.29, 1.82) is 0 Å². The maximum Gasteiger partial charge on any atom is 0.239 e. The van der Waals surface area contributed by atoms with E-state index in [1.165, 1.54) is 5.56 Å². The molecule has 0 unspecified atom stereocenters. The monoisotopic (exact) mass is 564 g/mol. The number of likely N-dealkylation sites (tertiary alicyclic amines) is 2. The smallest absolute Gasteiger partial charge is 0.239 e. The van der Waals surface area contributed by atoms with Crippen LogP contribution >= 0.6 is 0 Å². The maximum absolute atomic E-state index is 13.1. The van der Waals surface area contributed by atoms with Crippen LogP contribution in [0.15, 0.2) is 67.1 Å². The molecule has 0 bridgehead atoms. The molecule has 9 heteroatoms. The van der Waals surface area contributed by atoms with Gasteiger partial charge in [-0.05, 0) is 53.9 Å². The van der Waals surface area contributed by atoms with Crippen LogP contribution in [0.1, 0.15) is 55.9 Å². The Morgan fingerprint density at radius 2 is 1.71 bits per heavy atom. The number of nitrogens with zero attached hydrogens (tertiary/aromatic N) is 4. The van der Waals surface area contributed by atoms with Crippen molar-refractivity contribution in [2.24, 2.45) is 11.7 Å². The van der Waals surface area contributed by atoms with Crippen molar-refractivity contribution in [3.63, 3.8) is 0 Å².